The van der Waals surface area contributed by atoms with Crippen molar-refractivity contribution in [3.05, 3.63) is 89.9 Å². The number of ketones is 1. The van der Waals surface area contributed by atoms with E-state index in [0.717, 1.165) is 4.90 Å². The van der Waals surface area contributed by atoms with Crippen LogP contribution in [0.25, 0.3) is 0 Å². The first-order valence-corrected chi connectivity index (χ1v) is 8.59. The first kappa shape index (κ1) is 17.8. The van der Waals surface area contributed by atoms with Crippen molar-refractivity contribution in [2.45, 2.75) is 9.92 Å². The summed E-state index contributed by atoms with van der Waals surface area (Å²) in [5, 5.41) is 0.498. The second-order valence-electron chi connectivity index (χ2n) is 5.28. The van der Waals surface area contributed by atoms with E-state index in [1.807, 2.05) is 30.3 Å². The summed E-state index contributed by atoms with van der Waals surface area (Å²) in [5.74, 6) is -1.47. The molecule has 0 saturated heterocycles. The Morgan fingerprint density at radius 3 is 2.42 bits per heavy atom. The maximum Gasteiger partial charge on any atom is 0.341 e. The summed E-state index contributed by atoms with van der Waals surface area (Å²) >= 11 is 1.34. The monoisotopic (exact) mass is 367 g/mol. The fourth-order valence-electron chi connectivity index (χ4n) is 2.16. The molecule has 0 amide bonds. The van der Waals surface area contributed by atoms with E-state index >= 15 is 0 Å². The normalized spacial score (nSPS) is 10.3. The zero-order chi connectivity index (χ0) is 18.4. The number of carbonyl (C=O) groups is 2. The lowest BCUT2D eigenvalue weighted by Crippen LogP contribution is -2.15. The topological polar surface area (TPSA) is 56.3 Å². The van der Waals surface area contributed by atoms with Gasteiger partial charge in [-0.05, 0) is 48.5 Å². The Labute approximate surface area is 154 Å². The zero-order valence-corrected chi connectivity index (χ0v) is 14.4. The number of ether oxygens (including phenoxy) is 1. The fraction of sp³-hybridized carbons (Fsp3) is 0.0500. The van der Waals surface area contributed by atoms with Crippen LogP contribution in [0.1, 0.15) is 20.7 Å². The van der Waals surface area contributed by atoms with Gasteiger partial charge in [0, 0.05) is 16.7 Å². The van der Waals surface area contributed by atoms with Gasteiger partial charge in [-0.15, -0.1) is 0 Å². The molecule has 0 N–H and O–H groups in total. The summed E-state index contributed by atoms with van der Waals surface area (Å²) in [7, 11) is 0. The van der Waals surface area contributed by atoms with Gasteiger partial charge >= 0.3 is 5.97 Å². The lowest BCUT2D eigenvalue weighted by atomic mass is 10.1. The van der Waals surface area contributed by atoms with Gasteiger partial charge in [0.05, 0.1) is 5.56 Å². The van der Waals surface area contributed by atoms with Crippen molar-refractivity contribution in [3.8, 4) is 0 Å². The van der Waals surface area contributed by atoms with Crippen LogP contribution in [0.2, 0.25) is 0 Å². The van der Waals surface area contributed by atoms with Gasteiger partial charge in [-0.3, -0.25) is 4.79 Å². The number of hydrogen-bond acceptors (Lipinski definition) is 5. The lowest BCUT2D eigenvalue weighted by Gasteiger charge is -2.08. The van der Waals surface area contributed by atoms with Crippen LogP contribution in [0.5, 0.6) is 0 Å². The SMILES string of the molecule is O=C(COC(=O)c1cccnc1Sc1ccccc1)c1ccc(F)cc1. The van der Waals surface area contributed by atoms with E-state index in [9.17, 15) is 14.0 Å². The second-order valence-corrected chi connectivity index (χ2v) is 6.34. The minimum absolute atomic E-state index is 0.282. The average molecular weight is 367 g/mol. The van der Waals surface area contributed by atoms with Crippen molar-refractivity contribution in [2.75, 3.05) is 6.61 Å². The molecule has 6 heteroatoms. The van der Waals surface area contributed by atoms with E-state index in [4.69, 9.17) is 4.74 Å². The van der Waals surface area contributed by atoms with Crippen LogP contribution in [0.15, 0.2) is 82.8 Å². The van der Waals surface area contributed by atoms with E-state index in [0.29, 0.717) is 5.03 Å². The Bertz CT molecular complexity index is 914. The molecule has 4 nitrogen and oxygen atoms in total. The van der Waals surface area contributed by atoms with Gasteiger partial charge in [0.2, 0.25) is 0 Å². The van der Waals surface area contributed by atoms with Gasteiger partial charge < -0.3 is 4.74 Å². The molecule has 26 heavy (non-hydrogen) atoms. The number of benzene rings is 2. The number of nitrogens with zero attached hydrogens (tertiary/aromatic N) is 1. The summed E-state index contributed by atoms with van der Waals surface area (Å²) in [6, 6.07) is 17.8. The maximum absolute atomic E-state index is 12.9. The second kappa shape index (κ2) is 8.40. The molecule has 0 aliphatic carbocycles. The standard InChI is InChI=1S/C20H14FNO3S/c21-15-10-8-14(9-11-15)18(23)13-25-20(24)17-7-4-12-22-19(17)26-16-5-2-1-3-6-16/h1-12H,13H2. The number of aromatic nitrogens is 1. The lowest BCUT2D eigenvalue weighted by molar-refractivity contribution is 0.0470. The predicted octanol–water partition coefficient (Wildman–Crippen LogP) is 4.41. The molecule has 130 valence electrons. The molecule has 1 heterocycles. The quantitative estimate of drug-likeness (QED) is 0.477. The number of carbonyl (C=O) groups excluding carboxylic acids is 2. The number of pyridine rings is 1. The van der Waals surface area contributed by atoms with E-state index in [2.05, 4.69) is 4.98 Å². The van der Waals surface area contributed by atoms with Crippen molar-refractivity contribution in [1.29, 1.82) is 0 Å². The summed E-state index contributed by atoms with van der Waals surface area (Å²) in [4.78, 5) is 29.6. The fourth-order valence-corrected chi connectivity index (χ4v) is 3.05. The third kappa shape index (κ3) is 4.55. The maximum atomic E-state index is 12.9. The minimum atomic E-state index is -0.632. The molecule has 0 radical (unpaired) electrons. The summed E-state index contributed by atoms with van der Waals surface area (Å²) in [6.07, 6.45) is 1.59. The molecule has 0 aliphatic rings. The number of rotatable bonds is 6. The van der Waals surface area contributed by atoms with Gasteiger partial charge in [0.25, 0.3) is 0 Å². The molecule has 0 bridgehead atoms. The molecule has 0 saturated carbocycles. The largest absolute Gasteiger partial charge is 0.454 e. The molecule has 0 spiro atoms. The Kier molecular flexibility index (Phi) is 5.76. The molecule has 3 rings (SSSR count). The average Bonchev–Trinajstić information content (AvgIpc) is 2.67. The van der Waals surface area contributed by atoms with Crippen LogP contribution < -0.4 is 0 Å². The van der Waals surface area contributed by atoms with Gasteiger partial charge in [-0.2, -0.15) is 0 Å². The Morgan fingerprint density at radius 1 is 0.962 bits per heavy atom. The van der Waals surface area contributed by atoms with E-state index in [-0.39, 0.29) is 11.1 Å². The Balaban J connectivity index is 1.68. The molecular formula is C20H14FNO3S. The molecule has 0 fully saturated rings. The van der Waals surface area contributed by atoms with E-state index in [1.54, 1.807) is 18.3 Å². The number of halogens is 1. The molecular weight excluding hydrogens is 353 g/mol. The van der Waals surface area contributed by atoms with Crippen LogP contribution in [0.3, 0.4) is 0 Å². The van der Waals surface area contributed by atoms with E-state index in [1.165, 1.54) is 36.0 Å². The molecule has 3 aromatic rings. The van der Waals surface area contributed by atoms with Crippen LogP contribution >= 0.6 is 11.8 Å². The van der Waals surface area contributed by atoms with Gasteiger partial charge in [0.1, 0.15) is 10.8 Å². The zero-order valence-electron chi connectivity index (χ0n) is 13.6. The molecule has 2 aromatic carbocycles. The highest BCUT2D eigenvalue weighted by atomic mass is 32.2. The van der Waals surface area contributed by atoms with E-state index < -0.39 is 24.2 Å². The molecule has 0 unspecified atom stereocenters. The van der Waals surface area contributed by atoms with Gasteiger partial charge in [-0.25, -0.2) is 14.2 Å². The highest BCUT2D eigenvalue weighted by Crippen LogP contribution is 2.28. The molecule has 1 aromatic heterocycles. The highest BCUT2D eigenvalue weighted by molar-refractivity contribution is 7.99. The summed E-state index contributed by atoms with van der Waals surface area (Å²) in [5.41, 5.74) is 0.567. The van der Waals surface area contributed by atoms with Crippen molar-refractivity contribution in [1.82, 2.24) is 4.98 Å². The van der Waals surface area contributed by atoms with Gasteiger partial charge in [0.15, 0.2) is 12.4 Å². The summed E-state index contributed by atoms with van der Waals surface area (Å²) in [6.45, 7) is -0.422. The van der Waals surface area contributed by atoms with Crippen LogP contribution in [0, 0.1) is 5.82 Å². The smallest absolute Gasteiger partial charge is 0.341 e. The third-order valence-corrected chi connectivity index (χ3v) is 4.48. The van der Waals surface area contributed by atoms with Gasteiger partial charge in [-0.1, -0.05) is 30.0 Å². The number of esters is 1. The third-order valence-electron chi connectivity index (χ3n) is 3.45. The van der Waals surface area contributed by atoms with Crippen molar-refractivity contribution < 1.29 is 18.7 Å². The van der Waals surface area contributed by atoms with Crippen molar-refractivity contribution >= 4 is 23.5 Å². The van der Waals surface area contributed by atoms with Crippen LogP contribution in [-0.2, 0) is 4.74 Å². The Hall–Kier alpha value is -2.99. The van der Waals surface area contributed by atoms with Crippen LogP contribution in [0.4, 0.5) is 4.39 Å². The molecule has 0 aliphatic heterocycles. The summed E-state index contributed by atoms with van der Waals surface area (Å²) < 4.78 is 18.0. The molecule has 0 atom stereocenters. The highest BCUT2D eigenvalue weighted by Gasteiger charge is 2.17. The first-order valence-electron chi connectivity index (χ1n) is 7.77. The first-order chi connectivity index (χ1) is 12.6. The van der Waals surface area contributed by atoms with Crippen molar-refractivity contribution in [3.63, 3.8) is 0 Å². The Morgan fingerprint density at radius 2 is 1.69 bits per heavy atom. The van der Waals surface area contributed by atoms with Crippen LogP contribution in [-0.4, -0.2) is 23.3 Å². The predicted molar refractivity (Wildman–Crippen MR) is 95.8 cm³/mol. The number of hydrogen-bond donors (Lipinski definition) is 0. The minimum Gasteiger partial charge on any atom is -0.454 e. The number of Topliss-reactive ketones (excluding diaryl/α,β-unsaturated/α-hetero) is 1. The van der Waals surface area contributed by atoms with Crippen molar-refractivity contribution in [2.24, 2.45) is 0 Å².